The van der Waals surface area contributed by atoms with Crippen molar-refractivity contribution in [3.05, 3.63) is 42.0 Å². The summed E-state index contributed by atoms with van der Waals surface area (Å²) in [6.07, 6.45) is 0.702. The van der Waals surface area contributed by atoms with Gasteiger partial charge in [-0.05, 0) is 12.1 Å². The summed E-state index contributed by atoms with van der Waals surface area (Å²) in [4.78, 5) is 16.2. The Labute approximate surface area is 101 Å². The van der Waals surface area contributed by atoms with Crippen molar-refractivity contribution in [3.63, 3.8) is 0 Å². The summed E-state index contributed by atoms with van der Waals surface area (Å²) in [5.74, 6) is 0. The Morgan fingerprint density at radius 3 is 2.88 bits per heavy atom. The molecular formula is C12H8N2O2S. The van der Waals surface area contributed by atoms with Gasteiger partial charge in [0.2, 0.25) is 0 Å². The molecule has 0 saturated heterocycles. The summed E-state index contributed by atoms with van der Waals surface area (Å²) in [5, 5.41) is 10.2. The van der Waals surface area contributed by atoms with Gasteiger partial charge in [0.05, 0.1) is 21.6 Å². The first-order valence-electron chi connectivity index (χ1n) is 5.00. The van der Waals surface area contributed by atoms with Gasteiger partial charge in [0.25, 0.3) is 0 Å². The van der Waals surface area contributed by atoms with Crippen LogP contribution in [-0.2, 0) is 0 Å². The molecule has 0 unspecified atom stereocenters. The van der Waals surface area contributed by atoms with E-state index in [1.165, 1.54) is 15.9 Å². The van der Waals surface area contributed by atoms with E-state index in [4.69, 9.17) is 0 Å². The quantitative estimate of drug-likeness (QED) is 0.714. The number of fused-ring (bicyclic) bond motifs is 1. The molecule has 2 heterocycles. The number of nitrogens with zero attached hydrogens (tertiary/aromatic N) is 2. The van der Waals surface area contributed by atoms with Crippen molar-refractivity contribution in [2.24, 2.45) is 0 Å². The first-order valence-corrected chi connectivity index (χ1v) is 5.88. The van der Waals surface area contributed by atoms with E-state index in [0.29, 0.717) is 11.2 Å². The van der Waals surface area contributed by atoms with E-state index < -0.39 is 6.09 Å². The van der Waals surface area contributed by atoms with Crippen molar-refractivity contribution < 1.29 is 9.90 Å². The zero-order chi connectivity index (χ0) is 11.8. The van der Waals surface area contributed by atoms with Gasteiger partial charge < -0.3 is 5.11 Å². The summed E-state index contributed by atoms with van der Waals surface area (Å²) in [6, 6.07) is 9.30. The van der Waals surface area contributed by atoms with Crippen LogP contribution in [0.4, 0.5) is 4.79 Å². The Kier molecular flexibility index (Phi) is 2.19. The van der Waals surface area contributed by atoms with Gasteiger partial charge in [-0.1, -0.05) is 18.2 Å². The number of hydrogen-bond acceptors (Lipinski definition) is 3. The molecule has 84 valence electrons. The van der Waals surface area contributed by atoms with Crippen LogP contribution in [0.5, 0.6) is 0 Å². The lowest BCUT2D eigenvalue weighted by Gasteiger charge is -2.02. The summed E-state index contributed by atoms with van der Waals surface area (Å²) < 4.78 is 1.29. The first kappa shape index (κ1) is 10.0. The molecule has 1 N–H and O–H groups in total. The second-order valence-electron chi connectivity index (χ2n) is 3.57. The predicted octanol–water partition coefficient (Wildman–Crippen LogP) is 3.29. The molecule has 0 amide bonds. The van der Waals surface area contributed by atoms with Crippen LogP contribution in [0, 0.1) is 0 Å². The lowest BCUT2D eigenvalue weighted by atomic mass is 10.2. The molecule has 0 aliphatic carbocycles. The number of thiazole rings is 1. The molecule has 0 fully saturated rings. The van der Waals surface area contributed by atoms with Gasteiger partial charge in [-0.3, -0.25) is 4.98 Å². The third kappa shape index (κ3) is 1.52. The van der Waals surface area contributed by atoms with Gasteiger partial charge in [-0.2, -0.15) is 0 Å². The molecule has 0 bridgehead atoms. The molecule has 4 nitrogen and oxygen atoms in total. The number of carbonyl (C=O) groups is 1. The Bertz CT molecular complexity index is 686. The molecule has 17 heavy (non-hydrogen) atoms. The van der Waals surface area contributed by atoms with Gasteiger partial charge in [-0.15, -0.1) is 11.3 Å². The zero-order valence-electron chi connectivity index (χ0n) is 8.70. The lowest BCUT2D eigenvalue weighted by Crippen LogP contribution is -2.08. The fourth-order valence-electron chi connectivity index (χ4n) is 1.88. The number of para-hydroxylation sites is 1. The number of carboxylic acid groups (broad SMARTS) is 1. The Hall–Kier alpha value is -2.14. The van der Waals surface area contributed by atoms with E-state index in [0.717, 1.165) is 10.3 Å². The molecule has 0 radical (unpaired) electrons. The maximum Gasteiger partial charge on any atom is 0.416 e. The van der Waals surface area contributed by atoms with Gasteiger partial charge in [-0.25, -0.2) is 9.36 Å². The molecule has 0 aliphatic rings. The number of hydrogen-bond donors (Lipinski definition) is 1. The van der Waals surface area contributed by atoms with Crippen molar-refractivity contribution in [2.45, 2.75) is 0 Å². The normalized spacial score (nSPS) is 10.8. The van der Waals surface area contributed by atoms with Crippen LogP contribution in [0.1, 0.15) is 0 Å². The minimum absolute atomic E-state index is 0.668. The molecule has 3 aromatic rings. The minimum Gasteiger partial charge on any atom is -0.464 e. The fourth-order valence-corrected chi connectivity index (χ4v) is 2.51. The van der Waals surface area contributed by atoms with Crippen molar-refractivity contribution >= 4 is 28.3 Å². The van der Waals surface area contributed by atoms with E-state index in [-0.39, 0.29) is 0 Å². The Morgan fingerprint density at radius 1 is 1.35 bits per heavy atom. The van der Waals surface area contributed by atoms with Crippen molar-refractivity contribution in [1.29, 1.82) is 0 Å². The zero-order valence-corrected chi connectivity index (χ0v) is 9.52. The average Bonchev–Trinajstić information content (AvgIpc) is 2.95. The summed E-state index contributed by atoms with van der Waals surface area (Å²) in [6.45, 7) is 0. The van der Waals surface area contributed by atoms with E-state index in [2.05, 4.69) is 4.98 Å². The van der Waals surface area contributed by atoms with Gasteiger partial charge >= 0.3 is 6.09 Å². The molecule has 0 aliphatic heterocycles. The highest BCUT2D eigenvalue weighted by Crippen LogP contribution is 2.30. The smallest absolute Gasteiger partial charge is 0.416 e. The lowest BCUT2D eigenvalue weighted by molar-refractivity contribution is 0.198. The largest absolute Gasteiger partial charge is 0.464 e. The second kappa shape index (κ2) is 3.71. The minimum atomic E-state index is -0.977. The van der Waals surface area contributed by atoms with Crippen LogP contribution in [-0.4, -0.2) is 20.8 Å². The SMILES string of the molecule is O=C(O)n1c(-c2cncs2)cc2ccccc21. The summed E-state index contributed by atoms with van der Waals surface area (Å²) in [5.41, 5.74) is 3.06. The van der Waals surface area contributed by atoms with Gasteiger partial charge in [0, 0.05) is 11.6 Å². The summed E-state index contributed by atoms with van der Waals surface area (Å²) in [7, 11) is 0. The maximum atomic E-state index is 11.3. The van der Waals surface area contributed by atoms with Crippen molar-refractivity contribution in [2.75, 3.05) is 0 Å². The highest BCUT2D eigenvalue weighted by Gasteiger charge is 2.15. The second-order valence-corrected chi connectivity index (χ2v) is 4.46. The van der Waals surface area contributed by atoms with E-state index in [9.17, 15) is 9.90 Å². The van der Waals surface area contributed by atoms with Crippen LogP contribution in [0.25, 0.3) is 21.5 Å². The van der Waals surface area contributed by atoms with Crippen LogP contribution >= 0.6 is 11.3 Å². The van der Waals surface area contributed by atoms with E-state index in [1.807, 2.05) is 24.3 Å². The molecule has 0 saturated carbocycles. The molecule has 0 atom stereocenters. The molecular weight excluding hydrogens is 236 g/mol. The third-order valence-electron chi connectivity index (χ3n) is 2.59. The first-order chi connectivity index (χ1) is 8.27. The van der Waals surface area contributed by atoms with Gasteiger partial charge in [0.1, 0.15) is 0 Å². The van der Waals surface area contributed by atoms with Crippen molar-refractivity contribution in [1.82, 2.24) is 9.55 Å². The third-order valence-corrected chi connectivity index (χ3v) is 3.38. The monoisotopic (exact) mass is 244 g/mol. The molecule has 2 aromatic heterocycles. The highest BCUT2D eigenvalue weighted by atomic mass is 32.1. The Balaban J connectivity index is 2.38. The Morgan fingerprint density at radius 2 is 2.18 bits per heavy atom. The number of rotatable bonds is 1. The van der Waals surface area contributed by atoms with Crippen LogP contribution < -0.4 is 0 Å². The summed E-state index contributed by atoms with van der Waals surface area (Å²) >= 11 is 1.43. The van der Waals surface area contributed by atoms with E-state index in [1.54, 1.807) is 17.8 Å². The average molecular weight is 244 g/mol. The molecule has 3 rings (SSSR count). The van der Waals surface area contributed by atoms with Crippen molar-refractivity contribution in [3.8, 4) is 10.6 Å². The highest BCUT2D eigenvalue weighted by molar-refractivity contribution is 7.13. The standard InChI is InChI=1S/C12H8N2O2S/c15-12(16)14-9-4-2-1-3-8(9)5-10(14)11-6-13-7-17-11/h1-7H,(H,15,16). The fraction of sp³-hybridized carbons (Fsp3) is 0. The van der Waals surface area contributed by atoms with Crippen LogP contribution in [0.2, 0.25) is 0 Å². The van der Waals surface area contributed by atoms with Crippen LogP contribution in [0.3, 0.4) is 0 Å². The maximum absolute atomic E-state index is 11.3. The predicted molar refractivity (Wildman–Crippen MR) is 66.5 cm³/mol. The number of aromatic nitrogens is 2. The molecule has 5 heteroatoms. The van der Waals surface area contributed by atoms with Crippen LogP contribution in [0.15, 0.2) is 42.0 Å². The number of benzene rings is 1. The topological polar surface area (TPSA) is 55.1 Å². The molecule has 1 aromatic carbocycles. The molecule has 0 spiro atoms. The van der Waals surface area contributed by atoms with E-state index >= 15 is 0 Å². The van der Waals surface area contributed by atoms with Gasteiger partial charge in [0.15, 0.2) is 0 Å².